The minimum absolute atomic E-state index is 0.216. The van der Waals surface area contributed by atoms with Crippen LogP contribution in [0.25, 0.3) is 0 Å². The van der Waals surface area contributed by atoms with Crippen molar-refractivity contribution in [3.63, 3.8) is 0 Å². The lowest BCUT2D eigenvalue weighted by atomic mass is 10.1. The molecule has 3 N–H and O–H groups in total. The predicted molar refractivity (Wildman–Crippen MR) is 78.9 cm³/mol. The van der Waals surface area contributed by atoms with Crippen LogP contribution in [0.5, 0.6) is 0 Å². The van der Waals surface area contributed by atoms with Crippen LogP contribution in [0, 0.1) is 13.8 Å². The average Bonchev–Trinajstić information content (AvgIpc) is 2.41. The molecule has 0 amide bonds. The van der Waals surface area contributed by atoms with Gasteiger partial charge in [-0.3, -0.25) is 9.71 Å². The first kappa shape index (κ1) is 14.5. The van der Waals surface area contributed by atoms with Crippen molar-refractivity contribution in [2.24, 2.45) is 5.73 Å². The lowest BCUT2D eigenvalue weighted by molar-refractivity contribution is 0.601. The molecule has 0 saturated heterocycles. The Morgan fingerprint density at radius 3 is 2.50 bits per heavy atom. The van der Waals surface area contributed by atoms with Crippen LogP contribution in [0.15, 0.2) is 41.4 Å². The van der Waals surface area contributed by atoms with Crippen molar-refractivity contribution in [1.29, 1.82) is 0 Å². The summed E-state index contributed by atoms with van der Waals surface area (Å²) in [6.07, 6.45) is 1.49. The summed E-state index contributed by atoms with van der Waals surface area (Å²) in [4.78, 5) is 4.27. The molecule has 0 unspecified atom stereocenters. The highest BCUT2D eigenvalue weighted by Crippen LogP contribution is 2.18. The molecule has 0 radical (unpaired) electrons. The first-order chi connectivity index (χ1) is 9.42. The summed E-state index contributed by atoms with van der Waals surface area (Å²) in [6, 6.07) is 8.34. The van der Waals surface area contributed by atoms with Crippen LogP contribution < -0.4 is 10.5 Å². The van der Waals surface area contributed by atoms with Gasteiger partial charge in [0.05, 0.1) is 16.8 Å². The molecule has 0 saturated carbocycles. The molecule has 6 heteroatoms. The summed E-state index contributed by atoms with van der Waals surface area (Å²) in [5, 5.41) is 0. The standard InChI is InChI=1S/C14H17N3O2S/c1-10-7-14(6-4-12(10)8-15)20(18,19)17-13-5-3-11(2)16-9-13/h3-7,9,17H,8,15H2,1-2H3. The van der Waals surface area contributed by atoms with Crippen LogP contribution in [0.2, 0.25) is 0 Å². The van der Waals surface area contributed by atoms with Gasteiger partial charge in [0.1, 0.15) is 0 Å². The van der Waals surface area contributed by atoms with Crippen molar-refractivity contribution in [2.75, 3.05) is 4.72 Å². The highest BCUT2D eigenvalue weighted by molar-refractivity contribution is 7.92. The Kier molecular flexibility index (Phi) is 4.06. The Hall–Kier alpha value is -1.92. The number of aryl methyl sites for hydroxylation is 2. The van der Waals surface area contributed by atoms with Crippen molar-refractivity contribution < 1.29 is 8.42 Å². The summed E-state index contributed by atoms with van der Waals surface area (Å²) >= 11 is 0. The average molecular weight is 291 g/mol. The molecule has 0 atom stereocenters. The molecule has 1 aromatic carbocycles. The predicted octanol–water partition coefficient (Wildman–Crippen LogP) is 1.96. The highest BCUT2D eigenvalue weighted by atomic mass is 32.2. The van der Waals surface area contributed by atoms with E-state index in [1.54, 1.807) is 30.3 Å². The lowest BCUT2D eigenvalue weighted by Gasteiger charge is -2.10. The molecule has 0 fully saturated rings. The number of hydrogen-bond acceptors (Lipinski definition) is 4. The second kappa shape index (κ2) is 5.60. The van der Waals surface area contributed by atoms with E-state index >= 15 is 0 Å². The molecule has 106 valence electrons. The summed E-state index contributed by atoms with van der Waals surface area (Å²) in [5.41, 5.74) is 8.63. The SMILES string of the molecule is Cc1ccc(NS(=O)(=O)c2ccc(CN)c(C)c2)cn1. The maximum atomic E-state index is 12.3. The summed E-state index contributed by atoms with van der Waals surface area (Å²) < 4.78 is 27.0. The van der Waals surface area contributed by atoms with Crippen molar-refractivity contribution >= 4 is 15.7 Å². The van der Waals surface area contributed by atoms with Crippen LogP contribution >= 0.6 is 0 Å². The number of sulfonamides is 1. The minimum atomic E-state index is -3.60. The molecule has 5 nitrogen and oxygen atoms in total. The second-order valence-corrected chi connectivity index (χ2v) is 6.27. The molecule has 0 aliphatic carbocycles. The molecular formula is C14H17N3O2S. The maximum absolute atomic E-state index is 12.3. The number of aromatic nitrogens is 1. The first-order valence-corrected chi connectivity index (χ1v) is 7.66. The van der Waals surface area contributed by atoms with E-state index in [1.165, 1.54) is 6.20 Å². The van der Waals surface area contributed by atoms with Gasteiger partial charge in [-0.25, -0.2) is 8.42 Å². The number of nitrogens with two attached hydrogens (primary N) is 1. The molecule has 0 aliphatic heterocycles. The van der Waals surface area contributed by atoms with Crippen molar-refractivity contribution in [3.05, 3.63) is 53.3 Å². The van der Waals surface area contributed by atoms with E-state index in [1.807, 2.05) is 13.8 Å². The highest BCUT2D eigenvalue weighted by Gasteiger charge is 2.15. The Morgan fingerprint density at radius 2 is 1.95 bits per heavy atom. The number of pyridine rings is 1. The van der Waals surface area contributed by atoms with Gasteiger partial charge in [0.25, 0.3) is 10.0 Å². The normalized spacial score (nSPS) is 11.3. The fourth-order valence-corrected chi connectivity index (χ4v) is 2.93. The number of hydrogen-bond donors (Lipinski definition) is 2. The summed E-state index contributed by atoms with van der Waals surface area (Å²) in [6.45, 7) is 4.07. The molecule has 20 heavy (non-hydrogen) atoms. The van der Waals surface area contributed by atoms with E-state index in [9.17, 15) is 8.42 Å². The van der Waals surface area contributed by atoms with Gasteiger partial charge in [0.2, 0.25) is 0 Å². The van der Waals surface area contributed by atoms with Gasteiger partial charge in [-0.2, -0.15) is 0 Å². The Balaban J connectivity index is 2.30. The number of nitrogens with one attached hydrogen (secondary N) is 1. The van der Waals surface area contributed by atoms with Gasteiger partial charge in [-0.15, -0.1) is 0 Å². The van der Waals surface area contributed by atoms with Crippen molar-refractivity contribution in [1.82, 2.24) is 4.98 Å². The third-order valence-corrected chi connectivity index (χ3v) is 4.39. The van der Waals surface area contributed by atoms with Gasteiger partial charge >= 0.3 is 0 Å². The molecule has 0 bridgehead atoms. The quantitative estimate of drug-likeness (QED) is 0.901. The number of benzene rings is 1. The topological polar surface area (TPSA) is 85.1 Å². The smallest absolute Gasteiger partial charge is 0.261 e. The molecular weight excluding hydrogens is 274 g/mol. The first-order valence-electron chi connectivity index (χ1n) is 6.17. The maximum Gasteiger partial charge on any atom is 0.261 e. The van der Waals surface area contributed by atoms with E-state index in [0.717, 1.165) is 16.8 Å². The van der Waals surface area contributed by atoms with Gasteiger partial charge in [-0.1, -0.05) is 6.07 Å². The molecule has 0 spiro atoms. The molecule has 1 aromatic heterocycles. The van der Waals surface area contributed by atoms with Gasteiger partial charge in [-0.05, 0) is 49.2 Å². The van der Waals surface area contributed by atoms with Crippen molar-refractivity contribution in [3.8, 4) is 0 Å². The Labute approximate surface area is 118 Å². The lowest BCUT2D eigenvalue weighted by Crippen LogP contribution is -2.14. The third kappa shape index (κ3) is 3.15. The van der Waals surface area contributed by atoms with Crippen LogP contribution in [0.3, 0.4) is 0 Å². The van der Waals surface area contributed by atoms with Crippen LogP contribution in [0.4, 0.5) is 5.69 Å². The molecule has 2 aromatic rings. The summed E-state index contributed by atoms with van der Waals surface area (Å²) in [5.74, 6) is 0. The fraction of sp³-hybridized carbons (Fsp3) is 0.214. The second-order valence-electron chi connectivity index (χ2n) is 4.59. The minimum Gasteiger partial charge on any atom is -0.326 e. The van der Waals surface area contributed by atoms with E-state index in [-0.39, 0.29) is 4.90 Å². The Morgan fingerprint density at radius 1 is 1.20 bits per heavy atom. The van der Waals surface area contributed by atoms with Crippen LogP contribution in [0.1, 0.15) is 16.8 Å². The van der Waals surface area contributed by atoms with Gasteiger partial charge in [0, 0.05) is 12.2 Å². The van der Waals surface area contributed by atoms with Crippen LogP contribution in [-0.2, 0) is 16.6 Å². The van der Waals surface area contributed by atoms with Gasteiger partial charge < -0.3 is 5.73 Å². The number of anilines is 1. The fourth-order valence-electron chi connectivity index (χ4n) is 1.81. The van der Waals surface area contributed by atoms with Crippen molar-refractivity contribution in [2.45, 2.75) is 25.3 Å². The number of nitrogens with zero attached hydrogens (tertiary/aromatic N) is 1. The largest absolute Gasteiger partial charge is 0.326 e. The number of rotatable bonds is 4. The molecule has 1 heterocycles. The molecule has 0 aliphatic rings. The van der Waals surface area contributed by atoms with E-state index in [4.69, 9.17) is 5.73 Å². The molecule has 2 rings (SSSR count). The van der Waals surface area contributed by atoms with Crippen LogP contribution in [-0.4, -0.2) is 13.4 Å². The zero-order valence-electron chi connectivity index (χ0n) is 11.4. The Bertz CT molecular complexity index is 710. The van der Waals surface area contributed by atoms with E-state index in [0.29, 0.717) is 12.2 Å². The third-order valence-electron chi connectivity index (χ3n) is 3.01. The zero-order valence-corrected chi connectivity index (χ0v) is 12.2. The van der Waals surface area contributed by atoms with E-state index in [2.05, 4.69) is 9.71 Å². The summed E-state index contributed by atoms with van der Waals surface area (Å²) in [7, 11) is -3.60. The van der Waals surface area contributed by atoms with E-state index < -0.39 is 10.0 Å². The zero-order chi connectivity index (χ0) is 14.8. The van der Waals surface area contributed by atoms with Gasteiger partial charge in [0.15, 0.2) is 0 Å². The monoisotopic (exact) mass is 291 g/mol.